The van der Waals surface area contributed by atoms with Crippen molar-refractivity contribution >= 4 is 12.0 Å². The van der Waals surface area contributed by atoms with Crippen LogP contribution in [-0.2, 0) is 4.79 Å². The van der Waals surface area contributed by atoms with Crippen LogP contribution in [0.1, 0.15) is 11.1 Å². The van der Waals surface area contributed by atoms with Crippen LogP contribution in [0.3, 0.4) is 0 Å². The Bertz CT molecular complexity index is 472. The molecule has 0 aliphatic heterocycles. The van der Waals surface area contributed by atoms with E-state index in [1.807, 2.05) is 0 Å². The average molecular weight is 205 g/mol. The summed E-state index contributed by atoms with van der Waals surface area (Å²) < 4.78 is 12.9. The van der Waals surface area contributed by atoms with Gasteiger partial charge in [0.15, 0.2) is 0 Å². The van der Waals surface area contributed by atoms with E-state index in [-0.39, 0.29) is 11.4 Å². The molecule has 0 unspecified atom stereocenters. The molecule has 0 spiro atoms. The molecule has 1 N–H and O–H groups in total. The fourth-order valence-electron chi connectivity index (χ4n) is 1.07. The Labute approximate surface area is 86.1 Å². The normalized spacial score (nSPS) is 10.9. The Hall–Kier alpha value is -2.15. The molecule has 3 nitrogen and oxygen atoms in total. The lowest BCUT2D eigenvalue weighted by molar-refractivity contribution is -0.132. The second kappa shape index (κ2) is 4.38. The van der Waals surface area contributed by atoms with Crippen LogP contribution < -0.4 is 0 Å². The second-order valence-corrected chi connectivity index (χ2v) is 2.98. The number of aryl methyl sites for hydroxylation is 1. The summed E-state index contributed by atoms with van der Waals surface area (Å²) in [5.41, 5.74) is 0.528. The zero-order valence-electron chi connectivity index (χ0n) is 7.99. The van der Waals surface area contributed by atoms with Gasteiger partial charge in [0, 0.05) is 0 Å². The molecule has 0 aliphatic carbocycles. The minimum Gasteiger partial charge on any atom is -0.477 e. The van der Waals surface area contributed by atoms with E-state index < -0.39 is 5.97 Å². The van der Waals surface area contributed by atoms with Crippen molar-refractivity contribution < 1.29 is 14.3 Å². The van der Waals surface area contributed by atoms with Crippen molar-refractivity contribution in [1.29, 1.82) is 5.26 Å². The Morgan fingerprint density at radius 1 is 1.60 bits per heavy atom. The molecule has 0 aromatic heterocycles. The number of rotatable bonds is 2. The van der Waals surface area contributed by atoms with Crippen molar-refractivity contribution in [2.45, 2.75) is 6.92 Å². The van der Waals surface area contributed by atoms with Gasteiger partial charge in [-0.15, -0.1) is 0 Å². The van der Waals surface area contributed by atoms with E-state index in [2.05, 4.69) is 0 Å². The highest BCUT2D eigenvalue weighted by atomic mass is 19.1. The lowest BCUT2D eigenvalue weighted by Gasteiger charge is -1.98. The van der Waals surface area contributed by atoms with Crippen LogP contribution >= 0.6 is 0 Å². The summed E-state index contributed by atoms with van der Waals surface area (Å²) in [5, 5.41) is 17.1. The van der Waals surface area contributed by atoms with E-state index in [1.165, 1.54) is 24.3 Å². The lowest BCUT2D eigenvalue weighted by Crippen LogP contribution is -1.97. The lowest BCUT2D eigenvalue weighted by atomic mass is 10.1. The molecule has 0 heterocycles. The zero-order chi connectivity index (χ0) is 11.4. The number of benzene rings is 1. The molecule has 4 heteroatoms. The predicted octanol–water partition coefficient (Wildman–Crippen LogP) is 2.13. The predicted molar refractivity (Wildman–Crippen MR) is 52.4 cm³/mol. The summed E-state index contributed by atoms with van der Waals surface area (Å²) in [4.78, 5) is 10.5. The number of hydrogen-bond acceptors (Lipinski definition) is 2. The summed E-state index contributed by atoms with van der Waals surface area (Å²) in [7, 11) is 0. The van der Waals surface area contributed by atoms with Gasteiger partial charge in [-0.25, -0.2) is 9.18 Å². The van der Waals surface area contributed by atoms with Gasteiger partial charge in [-0.1, -0.05) is 6.07 Å². The van der Waals surface area contributed by atoms with Crippen LogP contribution in [0.25, 0.3) is 6.08 Å². The number of nitriles is 1. The number of carboxylic acid groups (broad SMARTS) is 1. The Kier molecular flexibility index (Phi) is 3.19. The maximum atomic E-state index is 12.9. The number of nitrogens with zero attached hydrogens (tertiary/aromatic N) is 1. The van der Waals surface area contributed by atoms with E-state index >= 15 is 0 Å². The third-order valence-electron chi connectivity index (χ3n) is 1.84. The standard InChI is InChI=1S/C11H8FNO2/c1-7-4-8(2-3-10(7)12)5-9(6-13)11(14)15/h2-5H,1H3,(H,14,15). The molecule has 0 saturated carbocycles. The van der Waals surface area contributed by atoms with E-state index in [0.717, 1.165) is 0 Å². The van der Waals surface area contributed by atoms with E-state index in [9.17, 15) is 9.18 Å². The van der Waals surface area contributed by atoms with E-state index in [4.69, 9.17) is 10.4 Å². The maximum Gasteiger partial charge on any atom is 0.346 e. The number of carbonyl (C=O) groups is 1. The number of carboxylic acids is 1. The van der Waals surface area contributed by atoms with Crippen molar-refractivity contribution in [3.8, 4) is 6.07 Å². The molecule has 15 heavy (non-hydrogen) atoms. The largest absolute Gasteiger partial charge is 0.477 e. The van der Waals surface area contributed by atoms with Gasteiger partial charge >= 0.3 is 5.97 Å². The highest BCUT2D eigenvalue weighted by Crippen LogP contribution is 2.12. The Morgan fingerprint density at radius 3 is 2.73 bits per heavy atom. The Balaban J connectivity index is 3.14. The summed E-state index contributed by atoms with van der Waals surface area (Å²) in [5.74, 6) is -1.65. The van der Waals surface area contributed by atoms with Crippen LogP contribution in [0.5, 0.6) is 0 Å². The minimum absolute atomic E-state index is 0.360. The highest BCUT2D eigenvalue weighted by molar-refractivity contribution is 5.96. The SMILES string of the molecule is Cc1cc(C=C(C#N)C(=O)O)ccc1F. The topological polar surface area (TPSA) is 61.1 Å². The maximum absolute atomic E-state index is 12.9. The molecule has 0 saturated heterocycles. The van der Waals surface area contributed by atoms with Gasteiger partial charge in [-0.2, -0.15) is 5.26 Å². The molecule has 0 fully saturated rings. The first-order chi connectivity index (χ1) is 7.04. The minimum atomic E-state index is -1.29. The molecule has 0 aliphatic rings. The molecule has 1 rings (SSSR count). The van der Waals surface area contributed by atoms with Crippen molar-refractivity contribution in [2.75, 3.05) is 0 Å². The van der Waals surface area contributed by atoms with Crippen molar-refractivity contribution in [3.05, 3.63) is 40.7 Å². The van der Waals surface area contributed by atoms with Crippen LogP contribution in [-0.4, -0.2) is 11.1 Å². The molecule has 0 amide bonds. The van der Waals surface area contributed by atoms with Crippen molar-refractivity contribution in [3.63, 3.8) is 0 Å². The van der Waals surface area contributed by atoms with Gasteiger partial charge in [0.1, 0.15) is 17.5 Å². The molecule has 0 bridgehead atoms. The summed E-state index contributed by atoms with van der Waals surface area (Å²) in [6.45, 7) is 1.57. The van der Waals surface area contributed by atoms with Crippen LogP contribution in [0.15, 0.2) is 23.8 Å². The first-order valence-electron chi connectivity index (χ1n) is 4.16. The third-order valence-corrected chi connectivity index (χ3v) is 1.84. The zero-order valence-corrected chi connectivity index (χ0v) is 7.99. The van der Waals surface area contributed by atoms with Gasteiger partial charge in [0.05, 0.1) is 0 Å². The number of hydrogen-bond donors (Lipinski definition) is 1. The fraction of sp³-hybridized carbons (Fsp3) is 0.0909. The van der Waals surface area contributed by atoms with Crippen LogP contribution in [0.4, 0.5) is 4.39 Å². The van der Waals surface area contributed by atoms with Gasteiger partial charge in [0.2, 0.25) is 0 Å². The fourth-order valence-corrected chi connectivity index (χ4v) is 1.07. The first-order valence-corrected chi connectivity index (χ1v) is 4.16. The molecule has 0 atom stereocenters. The quantitative estimate of drug-likeness (QED) is 0.594. The van der Waals surface area contributed by atoms with Crippen LogP contribution in [0.2, 0.25) is 0 Å². The molecule has 1 aromatic rings. The molecular formula is C11H8FNO2. The highest BCUT2D eigenvalue weighted by Gasteiger charge is 2.06. The monoisotopic (exact) mass is 205 g/mol. The van der Waals surface area contributed by atoms with Gasteiger partial charge in [-0.3, -0.25) is 0 Å². The Morgan fingerprint density at radius 2 is 2.27 bits per heavy atom. The number of aliphatic carboxylic acids is 1. The van der Waals surface area contributed by atoms with Gasteiger partial charge in [-0.05, 0) is 36.3 Å². The first kappa shape index (κ1) is 10.9. The van der Waals surface area contributed by atoms with Crippen molar-refractivity contribution in [2.24, 2.45) is 0 Å². The molecule has 1 aromatic carbocycles. The van der Waals surface area contributed by atoms with Crippen molar-refractivity contribution in [1.82, 2.24) is 0 Å². The summed E-state index contributed by atoms with van der Waals surface area (Å²) >= 11 is 0. The molecule has 0 radical (unpaired) electrons. The smallest absolute Gasteiger partial charge is 0.346 e. The number of halogens is 1. The second-order valence-electron chi connectivity index (χ2n) is 2.98. The average Bonchev–Trinajstić information content (AvgIpc) is 2.19. The summed E-state index contributed by atoms with van der Waals surface area (Å²) in [6.07, 6.45) is 1.20. The van der Waals surface area contributed by atoms with E-state index in [0.29, 0.717) is 11.1 Å². The van der Waals surface area contributed by atoms with Gasteiger partial charge < -0.3 is 5.11 Å². The van der Waals surface area contributed by atoms with Gasteiger partial charge in [0.25, 0.3) is 0 Å². The van der Waals surface area contributed by atoms with Crippen LogP contribution in [0, 0.1) is 24.1 Å². The summed E-state index contributed by atoms with van der Waals surface area (Å²) in [6, 6.07) is 5.69. The molecular weight excluding hydrogens is 197 g/mol. The van der Waals surface area contributed by atoms with E-state index in [1.54, 1.807) is 13.0 Å². The molecule has 76 valence electrons. The third kappa shape index (κ3) is 2.64.